The molecule has 2 heterocycles. The van der Waals surface area contributed by atoms with Gasteiger partial charge in [0.2, 0.25) is 5.91 Å². The lowest BCUT2D eigenvalue weighted by Gasteiger charge is -2.14. The van der Waals surface area contributed by atoms with Gasteiger partial charge in [-0.25, -0.2) is 0 Å². The summed E-state index contributed by atoms with van der Waals surface area (Å²) < 4.78 is 1.87. The van der Waals surface area contributed by atoms with Crippen LogP contribution in [-0.2, 0) is 17.9 Å². The lowest BCUT2D eigenvalue weighted by molar-refractivity contribution is -0.122. The van der Waals surface area contributed by atoms with E-state index in [4.69, 9.17) is 11.6 Å². The van der Waals surface area contributed by atoms with Gasteiger partial charge in [-0.05, 0) is 30.9 Å². The van der Waals surface area contributed by atoms with E-state index in [1.807, 2.05) is 41.3 Å². The average molecular weight is 333 g/mol. The first-order chi connectivity index (χ1) is 11.2. The summed E-state index contributed by atoms with van der Waals surface area (Å²) in [5.41, 5.74) is 2.11. The Morgan fingerprint density at radius 2 is 2.22 bits per heavy atom. The molecule has 1 unspecified atom stereocenters. The van der Waals surface area contributed by atoms with Crippen LogP contribution in [0.15, 0.2) is 36.7 Å². The van der Waals surface area contributed by atoms with E-state index >= 15 is 0 Å². The Morgan fingerprint density at radius 1 is 1.35 bits per heavy atom. The number of hydrogen-bond acceptors (Lipinski definition) is 3. The zero-order chi connectivity index (χ0) is 16.1. The van der Waals surface area contributed by atoms with Crippen LogP contribution in [0.2, 0.25) is 5.02 Å². The predicted molar refractivity (Wildman–Crippen MR) is 90.3 cm³/mol. The molecule has 0 spiro atoms. The maximum atomic E-state index is 11.9. The molecule has 0 saturated carbocycles. The van der Waals surface area contributed by atoms with Crippen LogP contribution in [0.3, 0.4) is 0 Å². The van der Waals surface area contributed by atoms with Crippen LogP contribution in [0.4, 0.5) is 0 Å². The molecule has 5 nitrogen and oxygen atoms in total. The summed E-state index contributed by atoms with van der Waals surface area (Å²) in [6.45, 7) is 2.07. The molecule has 0 radical (unpaired) electrons. The van der Waals surface area contributed by atoms with Crippen molar-refractivity contribution in [3.63, 3.8) is 0 Å². The van der Waals surface area contributed by atoms with Crippen molar-refractivity contribution < 1.29 is 4.79 Å². The molecule has 1 atom stereocenters. The van der Waals surface area contributed by atoms with E-state index in [9.17, 15) is 4.79 Å². The van der Waals surface area contributed by atoms with Crippen LogP contribution < -0.4 is 10.6 Å². The lowest BCUT2D eigenvalue weighted by atomic mass is 10.1. The van der Waals surface area contributed by atoms with E-state index in [2.05, 4.69) is 15.7 Å². The summed E-state index contributed by atoms with van der Waals surface area (Å²) in [7, 11) is 0. The van der Waals surface area contributed by atoms with E-state index in [1.165, 1.54) is 0 Å². The molecule has 3 rings (SSSR count). The Morgan fingerprint density at radius 3 is 3.09 bits per heavy atom. The van der Waals surface area contributed by atoms with Gasteiger partial charge in [-0.15, -0.1) is 0 Å². The summed E-state index contributed by atoms with van der Waals surface area (Å²) in [4.78, 5) is 11.9. The van der Waals surface area contributed by atoms with Crippen molar-refractivity contribution in [3.05, 3.63) is 52.8 Å². The minimum Gasteiger partial charge on any atom is -0.355 e. The SMILES string of the molecule is O=C1NCCCCC1NCc1cnn(Cc2ccccc2Cl)c1. The summed E-state index contributed by atoms with van der Waals surface area (Å²) >= 11 is 6.18. The van der Waals surface area contributed by atoms with E-state index in [0.717, 1.165) is 42.0 Å². The number of halogens is 1. The standard InChI is InChI=1S/C17H21ClN4O/c18-15-6-2-1-5-14(15)12-22-11-13(10-21-22)9-20-16-7-3-4-8-19-17(16)23/h1-2,5-6,10-11,16,20H,3-4,7-9,12H2,(H,19,23). The Kier molecular flexibility index (Phi) is 5.31. The molecule has 1 aromatic heterocycles. The molecule has 6 heteroatoms. The smallest absolute Gasteiger partial charge is 0.237 e. The quantitative estimate of drug-likeness (QED) is 0.883. The van der Waals surface area contributed by atoms with Crippen LogP contribution in [0.25, 0.3) is 0 Å². The second-order valence-corrected chi connectivity index (χ2v) is 6.27. The molecule has 1 aliphatic heterocycles. The second kappa shape index (κ2) is 7.62. The van der Waals surface area contributed by atoms with Crippen LogP contribution in [0.1, 0.15) is 30.4 Å². The summed E-state index contributed by atoms with van der Waals surface area (Å²) in [5.74, 6) is 0.103. The topological polar surface area (TPSA) is 59.0 Å². The van der Waals surface area contributed by atoms with E-state index in [-0.39, 0.29) is 11.9 Å². The number of rotatable bonds is 5. The molecule has 1 amide bonds. The molecule has 1 aromatic carbocycles. The number of nitrogens with one attached hydrogen (secondary N) is 2. The third-order valence-electron chi connectivity index (χ3n) is 4.06. The number of carbonyl (C=O) groups is 1. The highest BCUT2D eigenvalue weighted by Gasteiger charge is 2.19. The Labute approximate surface area is 141 Å². The highest BCUT2D eigenvalue weighted by molar-refractivity contribution is 6.31. The summed E-state index contributed by atoms with van der Waals surface area (Å²) in [6.07, 6.45) is 6.84. The molecule has 1 aliphatic rings. The van der Waals surface area contributed by atoms with Crippen LogP contribution in [0, 0.1) is 0 Å². The molecule has 1 fully saturated rings. The van der Waals surface area contributed by atoms with Crippen molar-refractivity contribution in [1.29, 1.82) is 0 Å². The Bertz CT molecular complexity index is 670. The van der Waals surface area contributed by atoms with Crippen molar-refractivity contribution in [2.75, 3.05) is 6.54 Å². The second-order valence-electron chi connectivity index (χ2n) is 5.86. The number of benzene rings is 1. The summed E-state index contributed by atoms with van der Waals surface area (Å²) in [5, 5.41) is 11.4. The first-order valence-corrected chi connectivity index (χ1v) is 8.36. The van der Waals surface area contributed by atoms with E-state index in [1.54, 1.807) is 0 Å². The fourth-order valence-corrected chi connectivity index (χ4v) is 2.96. The fraction of sp³-hybridized carbons (Fsp3) is 0.412. The summed E-state index contributed by atoms with van der Waals surface area (Å²) in [6, 6.07) is 7.66. The van der Waals surface area contributed by atoms with Crippen molar-refractivity contribution in [3.8, 4) is 0 Å². The van der Waals surface area contributed by atoms with Crippen molar-refractivity contribution in [2.45, 2.75) is 38.4 Å². The molecular formula is C17H21ClN4O. The molecule has 23 heavy (non-hydrogen) atoms. The van der Waals surface area contributed by atoms with Gasteiger partial charge < -0.3 is 10.6 Å². The highest BCUT2D eigenvalue weighted by atomic mass is 35.5. The van der Waals surface area contributed by atoms with E-state index in [0.29, 0.717) is 13.1 Å². The maximum Gasteiger partial charge on any atom is 0.237 e. The maximum absolute atomic E-state index is 11.9. The molecule has 2 N–H and O–H groups in total. The molecule has 0 aliphatic carbocycles. The Hall–Kier alpha value is -1.85. The van der Waals surface area contributed by atoms with Crippen molar-refractivity contribution in [1.82, 2.24) is 20.4 Å². The molecule has 122 valence electrons. The number of amides is 1. The van der Waals surface area contributed by atoms with Crippen molar-refractivity contribution >= 4 is 17.5 Å². The van der Waals surface area contributed by atoms with E-state index < -0.39 is 0 Å². The fourth-order valence-electron chi connectivity index (χ4n) is 2.76. The van der Waals surface area contributed by atoms with Gasteiger partial charge in [-0.1, -0.05) is 29.8 Å². The zero-order valence-corrected chi connectivity index (χ0v) is 13.7. The first kappa shape index (κ1) is 16.0. The lowest BCUT2D eigenvalue weighted by Crippen LogP contribution is -2.42. The third kappa shape index (κ3) is 4.33. The number of nitrogens with zero attached hydrogens (tertiary/aromatic N) is 2. The van der Waals surface area contributed by atoms with Gasteiger partial charge in [0, 0.05) is 29.9 Å². The van der Waals surface area contributed by atoms with Crippen LogP contribution in [0.5, 0.6) is 0 Å². The molecule has 1 saturated heterocycles. The first-order valence-electron chi connectivity index (χ1n) is 7.98. The number of carbonyl (C=O) groups excluding carboxylic acids is 1. The van der Waals surface area contributed by atoms with Crippen LogP contribution >= 0.6 is 11.6 Å². The van der Waals surface area contributed by atoms with Gasteiger partial charge in [0.05, 0.1) is 18.8 Å². The Balaban J connectivity index is 1.57. The van der Waals surface area contributed by atoms with Gasteiger partial charge in [0.25, 0.3) is 0 Å². The monoisotopic (exact) mass is 332 g/mol. The minimum atomic E-state index is -0.107. The predicted octanol–water partition coefficient (Wildman–Crippen LogP) is 2.34. The number of aromatic nitrogens is 2. The van der Waals surface area contributed by atoms with Crippen molar-refractivity contribution in [2.24, 2.45) is 0 Å². The largest absolute Gasteiger partial charge is 0.355 e. The normalized spacial score (nSPS) is 18.5. The molecule has 0 bridgehead atoms. The van der Waals surface area contributed by atoms with Gasteiger partial charge in [0.1, 0.15) is 0 Å². The van der Waals surface area contributed by atoms with Gasteiger partial charge in [-0.2, -0.15) is 5.10 Å². The average Bonchev–Trinajstić information content (AvgIpc) is 2.89. The molecule has 2 aromatic rings. The highest BCUT2D eigenvalue weighted by Crippen LogP contribution is 2.16. The van der Waals surface area contributed by atoms with Gasteiger partial charge >= 0.3 is 0 Å². The molecular weight excluding hydrogens is 312 g/mol. The minimum absolute atomic E-state index is 0.103. The zero-order valence-electron chi connectivity index (χ0n) is 13.0. The third-order valence-corrected chi connectivity index (χ3v) is 4.43. The van der Waals surface area contributed by atoms with Gasteiger partial charge in [-0.3, -0.25) is 9.48 Å². The van der Waals surface area contributed by atoms with Crippen LogP contribution in [-0.4, -0.2) is 28.3 Å². The number of hydrogen-bond donors (Lipinski definition) is 2. The van der Waals surface area contributed by atoms with Gasteiger partial charge in [0.15, 0.2) is 0 Å².